The Balaban J connectivity index is 1.37. The number of hydrogen-bond acceptors (Lipinski definition) is 5. The zero-order chi connectivity index (χ0) is 20.9. The van der Waals surface area contributed by atoms with Crippen molar-refractivity contribution in [1.82, 2.24) is 10.2 Å². The van der Waals surface area contributed by atoms with E-state index in [0.29, 0.717) is 30.2 Å². The fourth-order valence-corrected chi connectivity index (χ4v) is 3.13. The molecule has 30 heavy (non-hydrogen) atoms. The lowest BCUT2D eigenvalue weighted by atomic mass is 10.1. The first-order valence-electron chi connectivity index (χ1n) is 9.69. The molecule has 0 bridgehead atoms. The van der Waals surface area contributed by atoms with Gasteiger partial charge in [-0.05, 0) is 48.9 Å². The summed E-state index contributed by atoms with van der Waals surface area (Å²) >= 11 is 0. The SMILES string of the molecule is Cc1ccc(NC(=O)Nc2ccc(-c3ccc(N4CCOCC4)nn3)cc2)cc1F. The van der Waals surface area contributed by atoms with Crippen molar-refractivity contribution in [3.05, 3.63) is 66.0 Å². The molecule has 8 heteroatoms. The average Bonchev–Trinajstić information content (AvgIpc) is 2.77. The minimum Gasteiger partial charge on any atom is -0.378 e. The molecule has 0 atom stereocenters. The van der Waals surface area contributed by atoms with Gasteiger partial charge in [-0.3, -0.25) is 0 Å². The van der Waals surface area contributed by atoms with Gasteiger partial charge in [-0.1, -0.05) is 18.2 Å². The molecule has 154 valence electrons. The number of morpholine rings is 1. The number of urea groups is 1. The fraction of sp³-hybridized carbons (Fsp3) is 0.227. The molecule has 1 fully saturated rings. The van der Waals surface area contributed by atoms with Crippen LogP contribution < -0.4 is 15.5 Å². The molecule has 1 aliphatic rings. The number of nitrogens with one attached hydrogen (secondary N) is 2. The minimum absolute atomic E-state index is 0.363. The van der Waals surface area contributed by atoms with E-state index < -0.39 is 6.03 Å². The van der Waals surface area contributed by atoms with Gasteiger partial charge in [0.1, 0.15) is 5.82 Å². The topological polar surface area (TPSA) is 79.4 Å². The summed E-state index contributed by atoms with van der Waals surface area (Å²) in [5.41, 5.74) is 3.17. The van der Waals surface area contributed by atoms with Crippen molar-refractivity contribution in [1.29, 1.82) is 0 Å². The Bertz CT molecular complexity index is 1020. The second-order valence-electron chi connectivity index (χ2n) is 7.00. The standard InChI is InChI=1S/C22H22FN5O2/c1-15-2-5-18(14-19(15)23)25-22(29)24-17-6-3-16(4-7-17)20-8-9-21(27-26-20)28-10-12-30-13-11-28/h2-9,14H,10-13H2,1H3,(H2,24,25,29). The highest BCUT2D eigenvalue weighted by atomic mass is 19.1. The fourth-order valence-electron chi connectivity index (χ4n) is 3.13. The van der Waals surface area contributed by atoms with Crippen LogP contribution in [0.3, 0.4) is 0 Å². The molecule has 2 amide bonds. The van der Waals surface area contributed by atoms with Crippen molar-refractivity contribution in [2.75, 3.05) is 41.8 Å². The molecular formula is C22H22FN5O2. The Morgan fingerprint density at radius 1 is 0.967 bits per heavy atom. The van der Waals surface area contributed by atoms with E-state index in [4.69, 9.17) is 4.74 Å². The number of rotatable bonds is 4. The lowest BCUT2D eigenvalue weighted by Gasteiger charge is -2.27. The van der Waals surface area contributed by atoms with Crippen LogP contribution in [-0.4, -0.2) is 42.5 Å². The molecular weight excluding hydrogens is 385 g/mol. The van der Waals surface area contributed by atoms with Gasteiger partial charge in [0.15, 0.2) is 5.82 Å². The third kappa shape index (κ3) is 4.72. The van der Waals surface area contributed by atoms with Gasteiger partial charge in [-0.25, -0.2) is 9.18 Å². The molecule has 1 aliphatic heterocycles. The normalized spacial score (nSPS) is 13.7. The van der Waals surface area contributed by atoms with Crippen molar-refractivity contribution >= 4 is 23.2 Å². The summed E-state index contributed by atoms with van der Waals surface area (Å²) in [6.07, 6.45) is 0. The summed E-state index contributed by atoms with van der Waals surface area (Å²) in [6.45, 7) is 4.69. The van der Waals surface area contributed by atoms with Crippen molar-refractivity contribution in [3.8, 4) is 11.3 Å². The highest BCUT2D eigenvalue weighted by Gasteiger charge is 2.13. The van der Waals surface area contributed by atoms with E-state index in [1.807, 2.05) is 24.3 Å². The highest BCUT2D eigenvalue weighted by Crippen LogP contribution is 2.21. The molecule has 0 aliphatic carbocycles. The van der Waals surface area contributed by atoms with Gasteiger partial charge >= 0.3 is 6.03 Å². The number of aromatic nitrogens is 2. The molecule has 1 saturated heterocycles. The zero-order valence-corrected chi connectivity index (χ0v) is 16.6. The van der Waals surface area contributed by atoms with Crippen LogP contribution in [0.15, 0.2) is 54.6 Å². The van der Waals surface area contributed by atoms with Crippen LogP contribution in [0.1, 0.15) is 5.56 Å². The number of nitrogens with zero attached hydrogens (tertiary/aromatic N) is 3. The van der Waals surface area contributed by atoms with Crippen LogP contribution >= 0.6 is 0 Å². The van der Waals surface area contributed by atoms with Gasteiger partial charge in [0.05, 0.1) is 18.9 Å². The third-order valence-electron chi connectivity index (χ3n) is 4.85. The third-order valence-corrected chi connectivity index (χ3v) is 4.85. The molecule has 0 spiro atoms. The van der Waals surface area contributed by atoms with Gasteiger partial charge in [0, 0.05) is 30.0 Å². The van der Waals surface area contributed by atoms with Crippen molar-refractivity contribution in [2.24, 2.45) is 0 Å². The molecule has 4 rings (SSSR count). The number of carbonyl (C=O) groups excluding carboxylic acids is 1. The van der Waals surface area contributed by atoms with Gasteiger partial charge in [-0.2, -0.15) is 0 Å². The van der Waals surface area contributed by atoms with Gasteiger partial charge < -0.3 is 20.3 Å². The summed E-state index contributed by atoms with van der Waals surface area (Å²) in [6, 6.07) is 15.3. The average molecular weight is 407 g/mol. The number of amides is 2. The largest absolute Gasteiger partial charge is 0.378 e. The molecule has 2 N–H and O–H groups in total. The Hall–Kier alpha value is -3.52. The van der Waals surface area contributed by atoms with Crippen LogP contribution in [0.5, 0.6) is 0 Å². The van der Waals surface area contributed by atoms with Crippen LogP contribution in [0, 0.1) is 12.7 Å². The van der Waals surface area contributed by atoms with E-state index in [-0.39, 0.29) is 5.82 Å². The smallest absolute Gasteiger partial charge is 0.323 e. The quantitative estimate of drug-likeness (QED) is 0.682. The maximum Gasteiger partial charge on any atom is 0.323 e. The number of carbonyl (C=O) groups is 1. The lowest BCUT2D eigenvalue weighted by Crippen LogP contribution is -2.36. The second-order valence-corrected chi connectivity index (χ2v) is 7.00. The first-order chi connectivity index (χ1) is 14.6. The lowest BCUT2D eigenvalue weighted by molar-refractivity contribution is 0.122. The van der Waals surface area contributed by atoms with Crippen molar-refractivity contribution in [2.45, 2.75) is 6.92 Å². The van der Waals surface area contributed by atoms with E-state index in [0.717, 1.165) is 30.2 Å². The van der Waals surface area contributed by atoms with Crippen molar-refractivity contribution < 1.29 is 13.9 Å². The number of anilines is 3. The first-order valence-corrected chi connectivity index (χ1v) is 9.69. The van der Waals surface area contributed by atoms with E-state index in [1.165, 1.54) is 6.07 Å². The van der Waals surface area contributed by atoms with Gasteiger partial charge in [-0.15, -0.1) is 10.2 Å². The summed E-state index contributed by atoms with van der Waals surface area (Å²) in [7, 11) is 0. The maximum absolute atomic E-state index is 13.6. The van der Waals surface area contributed by atoms with E-state index in [2.05, 4.69) is 25.7 Å². The monoisotopic (exact) mass is 407 g/mol. The minimum atomic E-state index is -0.444. The number of ether oxygens (including phenoxy) is 1. The molecule has 0 saturated carbocycles. The Kier molecular flexibility index (Phi) is 5.85. The molecule has 2 aromatic carbocycles. The molecule has 7 nitrogen and oxygen atoms in total. The van der Waals surface area contributed by atoms with Crippen LogP contribution in [-0.2, 0) is 4.74 Å². The summed E-state index contributed by atoms with van der Waals surface area (Å²) in [4.78, 5) is 14.3. The summed E-state index contributed by atoms with van der Waals surface area (Å²) in [5.74, 6) is 0.474. The number of hydrogen-bond donors (Lipinski definition) is 2. The molecule has 0 unspecified atom stereocenters. The maximum atomic E-state index is 13.6. The second kappa shape index (κ2) is 8.87. The number of benzene rings is 2. The molecule has 2 heterocycles. The summed E-state index contributed by atoms with van der Waals surface area (Å²) < 4.78 is 19.0. The van der Waals surface area contributed by atoms with E-state index in [9.17, 15) is 9.18 Å². The van der Waals surface area contributed by atoms with E-state index in [1.54, 1.807) is 31.2 Å². The van der Waals surface area contributed by atoms with Crippen LogP contribution in [0.2, 0.25) is 0 Å². The molecule has 3 aromatic rings. The predicted molar refractivity (Wildman–Crippen MR) is 114 cm³/mol. The first kappa shape index (κ1) is 19.8. The van der Waals surface area contributed by atoms with Crippen molar-refractivity contribution in [3.63, 3.8) is 0 Å². The predicted octanol–water partition coefficient (Wildman–Crippen LogP) is 4.07. The Morgan fingerprint density at radius 2 is 1.67 bits per heavy atom. The van der Waals surface area contributed by atoms with E-state index >= 15 is 0 Å². The number of aryl methyl sites for hydroxylation is 1. The summed E-state index contributed by atoms with van der Waals surface area (Å²) in [5, 5.41) is 14.0. The van der Waals surface area contributed by atoms with Crippen LogP contribution in [0.4, 0.5) is 26.4 Å². The zero-order valence-electron chi connectivity index (χ0n) is 16.6. The van der Waals surface area contributed by atoms with Gasteiger partial charge in [0.25, 0.3) is 0 Å². The Labute approximate surface area is 173 Å². The van der Waals surface area contributed by atoms with Gasteiger partial charge in [0.2, 0.25) is 0 Å². The molecule has 1 aromatic heterocycles. The number of halogens is 1. The Morgan fingerprint density at radius 3 is 2.33 bits per heavy atom. The van der Waals surface area contributed by atoms with Crippen LogP contribution in [0.25, 0.3) is 11.3 Å². The molecule has 0 radical (unpaired) electrons. The highest BCUT2D eigenvalue weighted by molar-refractivity contribution is 5.99.